The zero-order valence-electron chi connectivity index (χ0n) is 18.8. The number of amides is 1. The van der Waals surface area contributed by atoms with Crippen LogP contribution in [0.25, 0.3) is 6.08 Å². The summed E-state index contributed by atoms with van der Waals surface area (Å²) in [6.07, 6.45) is 6.83. The van der Waals surface area contributed by atoms with Crippen LogP contribution in [0.4, 0.5) is 22.2 Å². The molecule has 1 aromatic carbocycles. The second-order valence-corrected chi connectivity index (χ2v) is 9.59. The van der Waals surface area contributed by atoms with E-state index in [0.29, 0.717) is 17.7 Å². The first-order chi connectivity index (χ1) is 15.3. The number of rotatable bonds is 6. The standard InChI is InChI=1S/C24H30ClN5O2/c1-24(2,3)32-23(31)30-15-18(16-30)9-11-29-10-5-7-19-14-26-22(28-21(19)29)27-20-8-4-6-17(12-20)13-25/h4-8,12,14,18H,9-11,13,15-16H2,1-3H3,(H,26,27,28). The molecule has 1 aromatic heterocycles. The number of carbonyl (C=O) groups excluding carboxylic acids is 1. The highest BCUT2D eigenvalue weighted by Crippen LogP contribution is 2.28. The van der Waals surface area contributed by atoms with E-state index in [9.17, 15) is 4.79 Å². The van der Waals surface area contributed by atoms with E-state index in [1.165, 1.54) is 0 Å². The Kier molecular flexibility index (Phi) is 6.55. The number of carbonyl (C=O) groups is 1. The molecule has 170 valence electrons. The molecule has 2 aliphatic heterocycles. The maximum atomic E-state index is 12.1. The van der Waals surface area contributed by atoms with E-state index in [1.54, 1.807) is 4.90 Å². The second-order valence-electron chi connectivity index (χ2n) is 9.32. The fourth-order valence-electron chi connectivity index (χ4n) is 3.83. The Morgan fingerprint density at radius 1 is 1.31 bits per heavy atom. The molecule has 7 nitrogen and oxygen atoms in total. The quantitative estimate of drug-likeness (QED) is 0.614. The fourth-order valence-corrected chi connectivity index (χ4v) is 4.00. The van der Waals surface area contributed by atoms with Crippen molar-refractivity contribution in [1.82, 2.24) is 14.9 Å². The highest BCUT2D eigenvalue weighted by Gasteiger charge is 2.33. The second kappa shape index (κ2) is 9.36. The van der Waals surface area contributed by atoms with Gasteiger partial charge in [-0.15, -0.1) is 11.6 Å². The van der Waals surface area contributed by atoms with Gasteiger partial charge in [-0.2, -0.15) is 4.98 Å². The molecule has 0 atom stereocenters. The Labute approximate surface area is 194 Å². The van der Waals surface area contributed by atoms with Gasteiger partial charge in [-0.05, 0) is 50.8 Å². The highest BCUT2D eigenvalue weighted by atomic mass is 35.5. The monoisotopic (exact) mass is 455 g/mol. The van der Waals surface area contributed by atoms with Crippen LogP contribution in [0.15, 0.2) is 36.5 Å². The lowest BCUT2D eigenvalue weighted by atomic mass is 9.96. The minimum absolute atomic E-state index is 0.221. The van der Waals surface area contributed by atoms with Crippen LogP contribution in [0.1, 0.15) is 38.3 Å². The van der Waals surface area contributed by atoms with Gasteiger partial charge in [-0.25, -0.2) is 9.78 Å². The van der Waals surface area contributed by atoms with Gasteiger partial charge in [0.2, 0.25) is 5.95 Å². The molecule has 0 aliphatic carbocycles. The number of halogens is 1. The molecular formula is C24H30ClN5O2. The number of nitrogens with zero attached hydrogens (tertiary/aromatic N) is 4. The molecule has 4 rings (SSSR count). The van der Waals surface area contributed by atoms with Crippen LogP contribution in [0.2, 0.25) is 0 Å². The Bertz CT molecular complexity index is 998. The Morgan fingerprint density at radius 3 is 2.88 bits per heavy atom. The predicted octanol–water partition coefficient (Wildman–Crippen LogP) is 5.05. The van der Waals surface area contributed by atoms with Gasteiger partial charge < -0.3 is 19.9 Å². The third kappa shape index (κ3) is 5.51. The Balaban J connectivity index is 1.35. The van der Waals surface area contributed by atoms with Crippen LogP contribution in [-0.4, -0.2) is 52.7 Å². The summed E-state index contributed by atoms with van der Waals surface area (Å²) in [7, 11) is 0. The van der Waals surface area contributed by atoms with E-state index in [2.05, 4.69) is 27.4 Å². The first-order valence-electron chi connectivity index (χ1n) is 11.0. The van der Waals surface area contributed by atoms with Crippen molar-refractivity contribution in [2.24, 2.45) is 5.92 Å². The van der Waals surface area contributed by atoms with Crippen molar-refractivity contribution < 1.29 is 9.53 Å². The number of benzene rings is 1. The van der Waals surface area contributed by atoms with Gasteiger partial charge in [0.15, 0.2) is 0 Å². The van der Waals surface area contributed by atoms with E-state index in [4.69, 9.17) is 21.3 Å². The van der Waals surface area contributed by atoms with Crippen molar-refractivity contribution in [3.05, 3.63) is 47.7 Å². The molecule has 2 aromatic rings. The van der Waals surface area contributed by atoms with Crippen molar-refractivity contribution in [2.75, 3.05) is 36.4 Å². The number of nitrogens with one attached hydrogen (secondary N) is 1. The van der Waals surface area contributed by atoms with Gasteiger partial charge >= 0.3 is 6.09 Å². The molecule has 0 radical (unpaired) electrons. The van der Waals surface area contributed by atoms with Crippen LogP contribution in [-0.2, 0) is 10.6 Å². The SMILES string of the molecule is CC(C)(C)OC(=O)N1CC(CCN2CC=Cc3cnc(Nc4cccc(CCl)c4)nc32)C1. The molecule has 8 heteroatoms. The lowest BCUT2D eigenvalue weighted by Crippen LogP contribution is -2.52. The number of alkyl halides is 1. The molecule has 1 N–H and O–H groups in total. The summed E-state index contributed by atoms with van der Waals surface area (Å²) in [5.41, 5.74) is 2.51. The van der Waals surface area contributed by atoms with Crippen LogP contribution >= 0.6 is 11.6 Å². The van der Waals surface area contributed by atoms with Gasteiger partial charge in [0.1, 0.15) is 11.4 Å². The number of hydrogen-bond donors (Lipinski definition) is 1. The van der Waals surface area contributed by atoms with E-state index >= 15 is 0 Å². The van der Waals surface area contributed by atoms with Crippen molar-refractivity contribution in [2.45, 2.75) is 38.7 Å². The molecule has 2 aliphatic rings. The molecular weight excluding hydrogens is 426 g/mol. The van der Waals surface area contributed by atoms with Crippen molar-refractivity contribution in [1.29, 1.82) is 0 Å². The lowest BCUT2D eigenvalue weighted by Gasteiger charge is -2.40. The third-order valence-corrected chi connectivity index (χ3v) is 5.78. The van der Waals surface area contributed by atoms with Gasteiger partial charge in [0.05, 0.1) is 0 Å². The first kappa shape index (κ1) is 22.4. The first-order valence-corrected chi connectivity index (χ1v) is 11.5. The smallest absolute Gasteiger partial charge is 0.410 e. The summed E-state index contributed by atoms with van der Waals surface area (Å²) < 4.78 is 5.44. The normalized spacial score (nSPS) is 15.9. The molecule has 1 fully saturated rings. The van der Waals surface area contributed by atoms with E-state index in [-0.39, 0.29) is 6.09 Å². The molecule has 3 heterocycles. The topological polar surface area (TPSA) is 70.6 Å². The number of anilines is 3. The summed E-state index contributed by atoms with van der Waals surface area (Å²) in [5, 5.41) is 3.28. The lowest BCUT2D eigenvalue weighted by molar-refractivity contribution is -0.00179. The Hall–Kier alpha value is -2.80. The average Bonchev–Trinajstić information content (AvgIpc) is 2.71. The summed E-state index contributed by atoms with van der Waals surface area (Å²) >= 11 is 5.95. The molecule has 1 amide bonds. The van der Waals surface area contributed by atoms with Crippen LogP contribution < -0.4 is 10.2 Å². The number of hydrogen-bond acceptors (Lipinski definition) is 6. The number of ether oxygens (including phenoxy) is 1. The fraction of sp³-hybridized carbons (Fsp3) is 0.458. The number of aromatic nitrogens is 2. The van der Waals surface area contributed by atoms with Crippen molar-refractivity contribution in [3.63, 3.8) is 0 Å². The summed E-state index contributed by atoms with van der Waals surface area (Å²) in [6.45, 7) is 8.86. The number of likely N-dealkylation sites (tertiary alicyclic amines) is 1. The van der Waals surface area contributed by atoms with Crippen molar-refractivity contribution in [3.8, 4) is 0 Å². The summed E-state index contributed by atoms with van der Waals surface area (Å²) in [4.78, 5) is 25.4. The largest absolute Gasteiger partial charge is 0.444 e. The van der Waals surface area contributed by atoms with Gasteiger partial charge in [0, 0.05) is 49.5 Å². The third-order valence-electron chi connectivity index (χ3n) is 5.47. The van der Waals surface area contributed by atoms with Crippen LogP contribution in [0.3, 0.4) is 0 Å². The zero-order valence-corrected chi connectivity index (χ0v) is 19.6. The van der Waals surface area contributed by atoms with Gasteiger partial charge in [0.25, 0.3) is 0 Å². The Morgan fingerprint density at radius 2 is 2.12 bits per heavy atom. The summed E-state index contributed by atoms with van der Waals surface area (Å²) in [5.74, 6) is 2.44. The van der Waals surface area contributed by atoms with E-state index < -0.39 is 5.60 Å². The van der Waals surface area contributed by atoms with E-state index in [0.717, 1.165) is 55.2 Å². The van der Waals surface area contributed by atoms with Crippen LogP contribution in [0, 0.1) is 5.92 Å². The molecule has 0 unspecified atom stereocenters. The predicted molar refractivity (Wildman–Crippen MR) is 128 cm³/mol. The maximum absolute atomic E-state index is 12.1. The van der Waals surface area contributed by atoms with Gasteiger partial charge in [-0.3, -0.25) is 0 Å². The van der Waals surface area contributed by atoms with Gasteiger partial charge in [-0.1, -0.05) is 24.3 Å². The zero-order chi connectivity index (χ0) is 22.7. The molecule has 0 saturated carbocycles. The molecule has 1 saturated heterocycles. The average molecular weight is 456 g/mol. The maximum Gasteiger partial charge on any atom is 0.410 e. The van der Waals surface area contributed by atoms with Crippen molar-refractivity contribution >= 4 is 41.2 Å². The van der Waals surface area contributed by atoms with Crippen LogP contribution in [0.5, 0.6) is 0 Å². The molecule has 0 spiro atoms. The highest BCUT2D eigenvalue weighted by molar-refractivity contribution is 6.17. The van der Waals surface area contributed by atoms with E-state index in [1.807, 2.05) is 51.2 Å². The summed E-state index contributed by atoms with van der Waals surface area (Å²) in [6, 6.07) is 7.93. The molecule has 32 heavy (non-hydrogen) atoms. The molecule has 0 bridgehead atoms. The minimum atomic E-state index is -0.456. The number of fused-ring (bicyclic) bond motifs is 1. The minimum Gasteiger partial charge on any atom is -0.444 e.